The van der Waals surface area contributed by atoms with Crippen molar-refractivity contribution in [3.05, 3.63) is 47.9 Å². The van der Waals surface area contributed by atoms with Gasteiger partial charge in [0.1, 0.15) is 17.4 Å². The first kappa shape index (κ1) is 15.4. The average molecular weight is 310 g/mol. The van der Waals surface area contributed by atoms with Crippen LogP contribution in [0.4, 0.5) is 5.82 Å². The van der Waals surface area contributed by atoms with Crippen LogP contribution in [-0.2, 0) is 7.05 Å². The molecular weight excluding hydrogens is 288 g/mol. The number of benzene rings is 1. The number of fused-ring (bicyclic) bond motifs is 1. The highest BCUT2D eigenvalue weighted by Gasteiger charge is 2.15. The molecule has 1 aromatic carbocycles. The Bertz CT molecular complexity index is 790. The van der Waals surface area contributed by atoms with E-state index in [1.807, 2.05) is 7.05 Å². The van der Waals surface area contributed by atoms with Crippen LogP contribution in [0.5, 0.6) is 0 Å². The lowest BCUT2D eigenvalue weighted by atomic mass is 10.0. The van der Waals surface area contributed by atoms with E-state index in [1.54, 1.807) is 17.2 Å². The maximum atomic E-state index is 4.38. The summed E-state index contributed by atoms with van der Waals surface area (Å²) in [7, 11) is 6.08. The van der Waals surface area contributed by atoms with Crippen molar-refractivity contribution < 1.29 is 0 Å². The van der Waals surface area contributed by atoms with E-state index in [1.165, 1.54) is 11.1 Å². The third kappa shape index (κ3) is 3.17. The average Bonchev–Trinajstić information content (AvgIpc) is 2.91. The summed E-state index contributed by atoms with van der Waals surface area (Å²) in [6, 6.07) is 8.92. The van der Waals surface area contributed by atoms with Gasteiger partial charge in [-0.25, -0.2) is 9.97 Å². The minimum atomic E-state index is 0.258. The second-order valence-corrected chi connectivity index (χ2v) is 6.00. The van der Waals surface area contributed by atoms with Gasteiger partial charge in [0.15, 0.2) is 5.82 Å². The quantitative estimate of drug-likeness (QED) is 0.784. The predicted molar refractivity (Wildman–Crippen MR) is 92.4 cm³/mol. The highest BCUT2D eigenvalue weighted by molar-refractivity contribution is 5.84. The molecule has 2 aromatic heterocycles. The number of likely N-dealkylation sites (N-methyl/N-ethyl adjacent to an activating group) is 1. The first-order chi connectivity index (χ1) is 11.1. The number of nitrogens with one attached hydrogen (secondary N) is 1. The number of anilines is 1. The number of aryl methyl sites for hydroxylation is 2. The molecule has 23 heavy (non-hydrogen) atoms. The van der Waals surface area contributed by atoms with Gasteiger partial charge in [0.05, 0.1) is 12.2 Å². The molecule has 2 heterocycles. The van der Waals surface area contributed by atoms with Crippen molar-refractivity contribution in [3.63, 3.8) is 0 Å². The van der Waals surface area contributed by atoms with Gasteiger partial charge >= 0.3 is 0 Å². The monoisotopic (exact) mass is 310 g/mol. The van der Waals surface area contributed by atoms with Gasteiger partial charge < -0.3 is 10.2 Å². The molecule has 0 radical (unpaired) electrons. The largest absolute Gasteiger partial charge is 0.366 e. The Balaban J connectivity index is 1.84. The van der Waals surface area contributed by atoms with Gasteiger partial charge in [-0.1, -0.05) is 29.8 Å². The first-order valence-corrected chi connectivity index (χ1v) is 7.66. The molecule has 0 bridgehead atoms. The molecule has 0 saturated carbocycles. The molecule has 0 spiro atoms. The molecule has 1 N–H and O–H groups in total. The van der Waals surface area contributed by atoms with E-state index in [9.17, 15) is 0 Å². The second kappa shape index (κ2) is 6.34. The Kier molecular flexibility index (Phi) is 4.25. The van der Waals surface area contributed by atoms with Crippen molar-refractivity contribution in [2.75, 3.05) is 26.0 Å². The molecular formula is C17H22N6. The molecule has 0 saturated heterocycles. The van der Waals surface area contributed by atoms with E-state index in [0.717, 1.165) is 23.4 Å². The lowest BCUT2D eigenvalue weighted by molar-refractivity contribution is 0.311. The fraction of sp³-hybridized carbons (Fsp3) is 0.353. The zero-order valence-electron chi connectivity index (χ0n) is 14.0. The SMILES string of the molecule is Cc1ccc(C(CNc2ncnc3cnn(C)c23)N(C)C)cc1. The summed E-state index contributed by atoms with van der Waals surface area (Å²) in [5, 5.41) is 7.71. The van der Waals surface area contributed by atoms with E-state index >= 15 is 0 Å². The van der Waals surface area contributed by atoms with E-state index < -0.39 is 0 Å². The molecule has 3 rings (SSSR count). The van der Waals surface area contributed by atoms with Crippen LogP contribution in [0.2, 0.25) is 0 Å². The fourth-order valence-corrected chi connectivity index (χ4v) is 2.71. The topological polar surface area (TPSA) is 58.9 Å². The van der Waals surface area contributed by atoms with Gasteiger partial charge in [-0.15, -0.1) is 0 Å². The van der Waals surface area contributed by atoms with Crippen LogP contribution >= 0.6 is 0 Å². The summed E-state index contributed by atoms with van der Waals surface area (Å²) in [6.45, 7) is 2.86. The molecule has 0 amide bonds. The van der Waals surface area contributed by atoms with E-state index in [-0.39, 0.29) is 6.04 Å². The maximum absolute atomic E-state index is 4.38. The Hall–Kier alpha value is -2.47. The van der Waals surface area contributed by atoms with Crippen LogP contribution in [-0.4, -0.2) is 45.3 Å². The second-order valence-electron chi connectivity index (χ2n) is 6.00. The van der Waals surface area contributed by atoms with Crippen LogP contribution in [0.15, 0.2) is 36.8 Å². The van der Waals surface area contributed by atoms with Crippen molar-refractivity contribution in [2.45, 2.75) is 13.0 Å². The maximum Gasteiger partial charge on any atom is 0.155 e. The summed E-state index contributed by atoms with van der Waals surface area (Å²) >= 11 is 0. The minimum Gasteiger partial charge on any atom is -0.366 e. The lowest BCUT2D eigenvalue weighted by Gasteiger charge is -2.25. The summed E-state index contributed by atoms with van der Waals surface area (Å²) in [5.41, 5.74) is 4.32. The summed E-state index contributed by atoms with van der Waals surface area (Å²) in [6.07, 6.45) is 3.33. The van der Waals surface area contributed by atoms with E-state index in [2.05, 4.69) is 70.6 Å². The van der Waals surface area contributed by atoms with Crippen molar-refractivity contribution in [1.29, 1.82) is 0 Å². The molecule has 0 fully saturated rings. The first-order valence-electron chi connectivity index (χ1n) is 7.66. The van der Waals surface area contributed by atoms with Gasteiger partial charge in [0, 0.05) is 13.6 Å². The summed E-state index contributed by atoms with van der Waals surface area (Å²) in [5.74, 6) is 0.814. The Morgan fingerprint density at radius 1 is 1.17 bits per heavy atom. The van der Waals surface area contributed by atoms with E-state index in [4.69, 9.17) is 0 Å². The van der Waals surface area contributed by atoms with Crippen molar-refractivity contribution >= 4 is 16.9 Å². The zero-order chi connectivity index (χ0) is 16.4. The molecule has 1 unspecified atom stereocenters. The molecule has 3 aromatic rings. The Labute approximate surface area is 136 Å². The minimum absolute atomic E-state index is 0.258. The normalized spacial score (nSPS) is 12.7. The Morgan fingerprint density at radius 3 is 2.61 bits per heavy atom. The van der Waals surface area contributed by atoms with Crippen molar-refractivity contribution in [3.8, 4) is 0 Å². The Morgan fingerprint density at radius 2 is 1.91 bits per heavy atom. The third-order valence-electron chi connectivity index (χ3n) is 4.08. The number of hydrogen-bond donors (Lipinski definition) is 1. The number of hydrogen-bond acceptors (Lipinski definition) is 5. The highest BCUT2D eigenvalue weighted by Crippen LogP contribution is 2.22. The van der Waals surface area contributed by atoms with Gasteiger partial charge in [0.25, 0.3) is 0 Å². The van der Waals surface area contributed by atoms with Gasteiger partial charge in [-0.3, -0.25) is 4.68 Å². The smallest absolute Gasteiger partial charge is 0.155 e. The molecule has 120 valence electrons. The zero-order valence-corrected chi connectivity index (χ0v) is 14.0. The van der Waals surface area contributed by atoms with Gasteiger partial charge in [-0.05, 0) is 26.6 Å². The number of nitrogens with zero attached hydrogens (tertiary/aromatic N) is 5. The van der Waals surface area contributed by atoms with Gasteiger partial charge in [-0.2, -0.15) is 5.10 Å². The molecule has 6 heteroatoms. The lowest BCUT2D eigenvalue weighted by Crippen LogP contribution is -2.27. The van der Waals surface area contributed by atoms with Crippen molar-refractivity contribution in [2.24, 2.45) is 7.05 Å². The molecule has 0 aliphatic rings. The standard InChI is InChI=1S/C17H22N6/c1-12-5-7-13(8-6-12)15(22(2)3)10-18-17-16-14(19-11-20-17)9-21-23(16)4/h5-9,11,15H,10H2,1-4H3,(H,18,19,20). The van der Waals surface area contributed by atoms with Crippen LogP contribution < -0.4 is 5.32 Å². The van der Waals surface area contributed by atoms with Crippen LogP contribution in [0.1, 0.15) is 17.2 Å². The predicted octanol–water partition coefficient (Wildman–Crippen LogP) is 2.39. The van der Waals surface area contributed by atoms with Gasteiger partial charge in [0.2, 0.25) is 0 Å². The molecule has 0 aliphatic carbocycles. The van der Waals surface area contributed by atoms with Crippen LogP contribution in [0, 0.1) is 6.92 Å². The molecule has 6 nitrogen and oxygen atoms in total. The fourth-order valence-electron chi connectivity index (χ4n) is 2.71. The number of aromatic nitrogens is 4. The highest BCUT2D eigenvalue weighted by atomic mass is 15.3. The third-order valence-corrected chi connectivity index (χ3v) is 4.08. The summed E-state index contributed by atoms with van der Waals surface area (Å²) in [4.78, 5) is 10.8. The molecule has 0 aliphatic heterocycles. The number of rotatable bonds is 5. The van der Waals surface area contributed by atoms with Crippen LogP contribution in [0.25, 0.3) is 11.0 Å². The van der Waals surface area contributed by atoms with Crippen LogP contribution in [0.3, 0.4) is 0 Å². The summed E-state index contributed by atoms with van der Waals surface area (Å²) < 4.78 is 1.80. The molecule has 1 atom stereocenters. The van der Waals surface area contributed by atoms with E-state index in [0.29, 0.717) is 0 Å². The van der Waals surface area contributed by atoms with Crippen molar-refractivity contribution in [1.82, 2.24) is 24.6 Å².